The second-order valence-electron chi connectivity index (χ2n) is 2.96. The van der Waals surface area contributed by atoms with Gasteiger partial charge in [0.2, 0.25) is 11.5 Å². The Morgan fingerprint density at radius 2 is 2.00 bits per heavy atom. The molecule has 6 nitrogen and oxygen atoms in total. The molecule has 0 aliphatic rings. The molecule has 3 N–H and O–H groups in total. The minimum atomic E-state index is -0.457. The molecule has 1 aromatic carbocycles. The summed E-state index contributed by atoms with van der Waals surface area (Å²) in [5.41, 5.74) is 5.99. The molecular weight excluding hydrogens is 276 g/mol. The van der Waals surface area contributed by atoms with Crippen molar-refractivity contribution in [2.45, 2.75) is 0 Å². The van der Waals surface area contributed by atoms with Crippen LogP contribution in [0.1, 0.15) is 10.5 Å². The van der Waals surface area contributed by atoms with E-state index in [1.54, 1.807) is 24.3 Å². The fourth-order valence-electron chi connectivity index (χ4n) is 1.08. The van der Waals surface area contributed by atoms with Crippen molar-refractivity contribution in [3.63, 3.8) is 0 Å². The molecule has 0 radical (unpaired) electrons. The summed E-state index contributed by atoms with van der Waals surface area (Å²) in [5, 5.41) is 9.32. The lowest BCUT2D eigenvalue weighted by atomic mass is 10.3. The summed E-state index contributed by atoms with van der Waals surface area (Å²) in [6, 6.07) is 7.09. The van der Waals surface area contributed by atoms with E-state index in [9.17, 15) is 4.79 Å². The van der Waals surface area contributed by atoms with E-state index in [2.05, 4.69) is 36.2 Å². The number of hydrogen-bond donors (Lipinski definition) is 2. The van der Waals surface area contributed by atoms with Gasteiger partial charge in [-0.05, 0) is 34.6 Å². The zero-order valence-electron chi connectivity index (χ0n) is 7.98. The molecule has 16 heavy (non-hydrogen) atoms. The predicted octanol–water partition coefficient (Wildman–Crippen LogP) is 1.67. The minimum absolute atomic E-state index is 0.0251. The number of aromatic nitrogens is 2. The van der Waals surface area contributed by atoms with Gasteiger partial charge in [0, 0.05) is 10.2 Å². The second kappa shape index (κ2) is 4.31. The van der Waals surface area contributed by atoms with E-state index in [0.717, 1.165) is 4.47 Å². The first-order valence-corrected chi connectivity index (χ1v) is 5.11. The molecule has 0 bridgehead atoms. The Morgan fingerprint density at radius 3 is 2.56 bits per heavy atom. The number of nitrogens with one attached hydrogen (secondary N) is 1. The molecule has 0 aliphatic carbocycles. The minimum Gasteiger partial charge on any atom is -0.379 e. The zero-order valence-corrected chi connectivity index (χ0v) is 9.56. The molecule has 0 spiro atoms. The molecule has 2 aromatic rings. The Labute approximate surface area is 98.9 Å². The van der Waals surface area contributed by atoms with Crippen LogP contribution in [0.15, 0.2) is 33.4 Å². The summed E-state index contributed by atoms with van der Waals surface area (Å²) < 4.78 is 5.25. The monoisotopic (exact) mass is 282 g/mol. The fraction of sp³-hybridized carbons (Fsp3) is 0. The van der Waals surface area contributed by atoms with Crippen LogP contribution >= 0.6 is 15.9 Å². The van der Waals surface area contributed by atoms with Gasteiger partial charge >= 0.3 is 0 Å². The molecule has 2 rings (SSSR count). The van der Waals surface area contributed by atoms with Gasteiger partial charge in [0.05, 0.1) is 0 Å². The van der Waals surface area contributed by atoms with Crippen LogP contribution < -0.4 is 11.1 Å². The van der Waals surface area contributed by atoms with Crippen LogP contribution in [0, 0.1) is 0 Å². The van der Waals surface area contributed by atoms with Crippen molar-refractivity contribution in [1.82, 2.24) is 10.3 Å². The lowest BCUT2D eigenvalue weighted by Gasteiger charge is -2.02. The normalized spacial score (nSPS) is 10.1. The fourth-order valence-corrected chi connectivity index (χ4v) is 1.34. The number of hydrogen-bond acceptors (Lipinski definition) is 5. The molecule has 0 atom stereocenters. The largest absolute Gasteiger partial charge is 0.379 e. The summed E-state index contributed by atoms with van der Waals surface area (Å²) in [5.74, 6) is -0.490. The van der Waals surface area contributed by atoms with Crippen molar-refractivity contribution in [3.05, 3.63) is 34.4 Å². The van der Waals surface area contributed by atoms with Crippen molar-refractivity contribution >= 4 is 33.3 Å². The predicted molar refractivity (Wildman–Crippen MR) is 60.8 cm³/mol. The highest BCUT2D eigenvalue weighted by atomic mass is 79.9. The Hall–Kier alpha value is -1.89. The number of amides is 1. The van der Waals surface area contributed by atoms with Crippen molar-refractivity contribution in [2.75, 3.05) is 11.1 Å². The molecule has 82 valence electrons. The van der Waals surface area contributed by atoms with Crippen LogP contribution in [-0.4, -0.2) is 16.2 Å². The molecule has 0 saturated carbocycles. The van der Waals surface area contributed by atoms with E-state index in [4.69, 9.17) is 5.73 Å². The first-order chi connectivity index (χ1) is 7.66. The first kappa shape index (κ1) is 10.6. The number of anilines is 2. The summed E-state index contributed by atoms with van der Waals surface area (Å²) in [4.78, 5) is 11.6. The molecule has 0 aliphatic heterocycles. The third-order valence-corrected chi connectivity index (χ3v) is 2.36. The van der Waals surface area contributed by atoms with Crippen molar-refractivity contribution in [2.24, 2.45) is 0 Å². The SMILES string of the molecule is Nc1nonc1C(=O)Nc1ccc(Br)cc1. The topological polar surface area (TPSA) is 94.0 Å². The second-order valence-corrected chi connectivity index (χ2v) is 3.87. The molecule has 1 amide bonds. The van der Waals surface area contributed by atoms with Gasteiger partial charge < -0.3 is 11.1 Å². The molecule has 1 aromatic heterocycles. The smallest absolute Gasteiger partial charge is 0.281 e. The van der Waals surface area contributed by atoms with Crippen LogP contribution in [0.4, 0.5) is 11.5 Å². The molecular formula is C9H7BrN4O2. The lowest BCUT2D eigenvalue weighted by Crippen LogP contribution is -2.14. The van der Waals surface area contributed by atoms with E-state index >= 15 is 0 Å². The van der Waals surface area contributed by atoms with E-state index in [1.165, 1.54) is 0 Å². The van der Waals surface area contributed by atoms with Gasteiger partial charge in [0.15, 0.2) is 0 Å². The van der Waals surface area contributed by atoms with Crippen LogP contribution in [0.25, 0.3) is 0 Å². The quantitative estimate of drug-likeness (QED) is 0.874. The first-order valence-electron chi connectivity index (χ1n) is 4.32. The number of nitrogen functional groups attached to an aromatic ring is 1. The van der Waals surface area contributed by atoms with E-state index in [1.807, 2.05) is 0 Å². The summed E-state index contributed by atoms with van der Waals surface area (Å²) in [7, 11) is 0. The Bertz CT molecular complexity index is 508. The van der Waals surface area contributed by atoms with Gasteiger partial charge in [-0.25, -0.2) is 4.63 Å². The molecule has 1 heterocycles. The van der Waals surface area contributed by atoms with Gasteiger partial charge in [-0.2, -0.15) is 0 Å². The van der Waals surface area contributed by atoms with Crippen LogP contribution in [0.3, 0.4) is 0 Å². The number of carbonyl (C=O) groups is 1. The number of carbonyl (C=O) groups excluding carboxylic acids is 1. The van der Waals surface area contributed by atoms with Gasteiger partial charge in [-0.3, -0.25) is 4.79 Å². The molecule has 0 unspecified atom stereocenters. The van der Waals surface area contributed by atoms with Gasteiger partial charge in [0.25, 0.3) is 5.91 Å². The third kappa shape index (κ3) is 2.19. The van der Waals surface area contributed by atoms with Gasteiger partial charge in [-0.15, -0.1) is 0 Å². The standard InChI is InChI=1S/C9H7BrN4O2/c10-5-1-3-6(4-2-5)12-9(15)7-8(11)14-16-13-7/h1-4H,(H2,11,14)(H,12,15). The average molecular weight is 283 g/mol. The Morgan fingerprint density at radius 1 is 1.31 bits per heavy atom. The van der Waals surface area contributed by atoms with E-state index in [0.29, 0.717) is 5.69 Å². The lowest BCUT2D eigenvalue weighted by molar-refractivity contribution is 0.101. The van der Waals surface area contributed by atoms with Crippen LogP contribution in [0.2, 0.25) is 0 Å². The Kier molecular flexibility index (Phi) is 2.86. The van der Waals surface area contributed by atoms with Crippen LogP contribution in [0.5, 0.6) is 0 Å². The number of halogens is 1. The van der Waals surface area contributed by atoms with Crippen LogP contribution in [-0.2, 0) is 0 Å². The highest BCUT2D eigenvalue weighted by Crippen LogP contribution is 2.15. The van der Waals surface area contributed by atoms with Crippen molar-refractivity contribution in [1.29, 1.82) is 0 Å². The number of benzene rings is 1. The summed E-state index contributed by atoms with van der Waals surface area (Å²) >= 11 is 3.29. The number of rotatable bonds is 2. The Balaban J connectivity index is 2.14. The number of nitrogens with two attached hydrogens (primary N) is 1. The average Bonchev–Trinajstić information content (AvgIpc) is 2.68. The highest BCUT2D eigenvalue weighted by Gasteiger charge is 2.15. The molecule has 0 fully saturated rings. The van der Waals surface area contributed by atoms with Crippen molar-refractivity contribution in [3.8, 4) is 0 Å². The maximum absolute atomic E-state index is 11.6. The molecule has 0 saturated heterocycles. The number of nitrogens with zero attached hydrogens (tertiary/aromatic N) is 2. The summed E-state index contributed by atoms with van der Waals surface area (Å²) in [6.07, 6.45) is 0. The maximum Gasteiger partial charge on any atom is 0.281 e. The van der Waals surface area contributed by atoms with E-state index in [-0.39, 0.29) is 11.5 Å². The van der Waals surface area contributed by atoms with Gasteiger partial charge in [0.1, 0.15) is 0 Å². The van der Waals surface area contributed by atoms with E-state index < -0.39 is 5.91 Å². The van der Waals surface area contributed by atoms with Crippen molar-refractivity contribution < 1.29 is 9.42 Å². The maximum atomic E-state index is 11.6. The summed E-state index contributed by atoms with van der Waals surface area (Å²) in [6.45, 7) is 0. The van der Waals surface area contributed by atoms with Gasteiger partial charge in [-0.1, -0.05) is 15.9 Å². The molecule has 7 heteroatoms. The zero-order chi connectivity index (χ0) is 11.5. The third-order valence-electron chi connectivity index (χ3n) is 1.83. The highest BCUT2D eigenvalue weighted by molar-refractivity contribution is 9.10.